The Morgan fingerprint density at radius 3 is 1.90 bits per heavy atom. The minimum atomic E-state index is -2.68. The molecule has 0 amide bonds. The van der Waals surface area contributed by atoms with E-state index in [4.69, 9.17) is 18.0 Å². The van der Waals surface area contributed by atoms with Crippen LogP contribution in [0.25, 0.3) is 0 Å². The van der Waals surface area contributed by atoms with E-state index in [1.165, 1.54) is 11.8 Å². The van der Waals surface area contributed by atoms with Gasteiger partial charge in [-0.25, -0.2) is 0 Å². The van der Waals surface area contributed by atoms with Crippen LogP contribution in [0.15, 0.2) is 0 Å². The lowest BCUT2D eigenvalue weighted by molar-refractivity contribution is -0.157. The van der Waals surface area contributed by atoms with Crippen LogP contribution in [0, 0.1) is 11.8 Å². The van der Waals surface area contributed by atoms with Gasteiger partial charge in [-0.3, -0.25) is 9.59 Å². The fraction of sp³-hybridized carbons (Fsp3) is 0.905. The van der Waals surface area contributed by atoms with Crippen molar-refractivity contribution in [1.82, 2.24) is 0 Å². The smallest absolute Gasteiger partial charge is 0.460 e. The molecule has 0 N–H and O–H groups in total. The van der Waals surface area contributed by atoms with Gasteiger partial charge in [-0.2, -0.15) is 0 Å². The molecule has 0 spiro atoms. The van der Waals surface area contributed by atoms with Crippen LogP contribution in [0.4, 0.5) is 0 Å². The zero-order valence-electron chi connectivity index (χ0n) is 19.7. The summed E-state index contributed by atoms with van der Waals surface area (Å²) in [5.41, 5.74) is -0.543. The highest BCUT2D eigenvalue weighted by Crippen LogP contribution is 2.28. The van der Waals surface area contributed by atoms with Gasteiger partial charge in [0.15, 0.2) is 5.12 Å². The standard InChI is InChI=1S/C21H42O6SSi/c1-9-17(5)18(16-19(22)27-21(6,7)8)20(23)28-14-13-15-29(24-10-2,25-11-3)26-12-4/h17-18H,9-16H2,1-8H3. The number of carbonyl (C=O) groups excluding carboxylic acids is 2. The summed E-state index contributed by atoms with van der Waals surface area (Å²) in [4.78, 5) is 25.1. The first-order valence-electron chi connectivity index (χ1n) is 10.8. The summed E-state index contributed by atoms with van der Waals surface area (Å²) in [6, 6.07) is 0.683. The first kappa shape index (κ1) is 28.6. The highest BCUT2D eigenvalue weighted by atomic mass is 32.2. The average Bonchev–Trinajstić information content (AvgIpc) is 2.61. The minimum Gasteiger partial charge on any atom is -0.460 e. The van der Waals surface area contributed by atoms with Gasteiger partial charge in [0.05, 0.1) is 6.42 Å². The van der Waals surface area contributed by atoms with Crippen LogP contribution in [0.3, 0.4) is 0 Å². The first-order valence-corrected chi connectivity index (χ1v) is 13.8. The quantitative estimate of drug-likeness (QED) is 0.196. The summed E-state index contributed by atoms with van der Waals surface area (Å²) in [5, 5.41) is 0.0571. The van der Waals surface area contributed by atoms with E-state index in [1.807, 2.05) is 55.4 Å². The van der Waals surface area contributed by atoms with E-state index in [0.717, 1.165) is 12.8 Å². The maximum absolute atomic E-state index is 12.8. The number of rotatable bonds is 15. The molecule has 0 radical (unpaired) electrons. The third-order valence-corrected chi connectivity index (χ3v) is 8.64. The Kier molecular flexibility index (Phi) is 14.4. The van der Waals surface area contributed by atoms with Crippen LogP contribution in [0.5, 0.6) is 0 Å². The zero-order valence-corrected chi connectivity index (χ0v) is 21.5. The monoisotopic (exact) mass is 450 g/mol. The molecule has 0 aromatic rings. The van der Waals surface area contributed by atoms with Gasteiger partial charge in [0.1, 0.15) is 5.60 Å². The minimum absolute atomic E-state index is 0.0571. The van der Waals surface area contributed by atoms with E-state index in [9.17, 15) is 9.59 Å². The number of carbonyl (C=O) groups is 2. The molecule has 0 rings (SSSR count). The Morgan fingerprint density at radius 2 is 1.48 bits per heavy atom. The topological polar surface area (TPSA) is 71.1 Å². The molecule has 172 valence electrons. The predicted molar refractivity (Wildman–Crippen MR) is 121 cm³/mol. The lowest BCUT2D eigenvalue weighted by Gasteiger charge is -2.28. The van der Waals surface area contributed by atoms with Gasteiger partial charge in [0.25, 0.3) is 0 Å². The fourth-order valence-electron chi connectivity index (χ4n) is 2.93. The molecule has 2 unspecified atom stereocenters. The number of esters is 1. The highest BCUT2D eigenvalue weighted by Gasteiger charge is 2.39. The van der Waals surface area contributed by atoms with Crippen molar-refractivity contribution in [2.75, 3.05) is 25.6 Å². The van der Waals surface area contributed by atoms with Crippen molar-refractivity contribution in [2.24, 2.45) is 11.8 Å². The van der Waals surface area contributed by atoms with Gasteiger partial charge >= 0.3 is 14.8 Å². The Labute approximate surface area is 183 Å². The van der Waals surface area contributed by atoms with Gasteiger partial charge in [-0.15, -0.1) is 0 Å². The van der Waals surface area contributed by atoms with Gasteiger partial charge in [-0.1, -0.05) is 32.0 Å². The fourth-order valence-corrected chi connectivity index (χ4v) is 6.82. The van der Waals surface area contributed by atoms with Crippen LogP contribution in [-0.2, 0) is 27.6 Å². The van der Waals surface area contributed by atoms with Crippen molar-refractivity contribution >= 4 is 31.7 Å². The second kappa shape index (κ2) is 14.6. The van der Waals surface area contributed by atoms with Crippen LogP contribution in [-0.4, -0.2) is 51.1 Å². The summed E-state index contributed by atoms with van der Waals surface area (Å²) in [6.07, 6.45) is 1.74. The van der Waals surface area contributed by atoms with Gasteiger partial charge in [-0.05, 0) is 53.9 Å². The molecule has 0 fully saturated rings. The predicted octanol–water partition coefficient (Wildman–Crippen LogP) is 5.08. The van der Waals surface area contributed by atoms with Crippen molar-refractivity contribution in [3.8, 4) is 0 Å². The van der Waals surface area contributed by atoms with E-state index < -0.39 is 14.4 Å². The molecule has 8 heteroatoms. The lowest BCUT2D eigenvalue weighted by Crippen LogP contribution is -2.46. The van der Waals surface area contributed by atoms with E-state index in [0.29, 0.717) is 31.6 Å². The van der Waals surface area contributed by atoms with Crippen LogP contribution in [0.1, 0.15) is 74.7 Å². The Balaban J connectivity index is 4.79. The van der Waals surface area contributed by atoms with E-state index in [2.05, 4.69) is 0 Å². The van der Waals surface area contributed by atoms with Crippen molar-refractivity contribution in [3.63, 3.8) is 0 Å². The van der Waals surface area contributed by atoms with Crippen molar-refractivity contribution in [2.45, 2.75) is 86.3 Å². The average molecular weight is 451 g/mol. The molecule has 0 bridgehead atoms. The van der Waals surface area contributed by atoms with Gasteiger partial charge in [0.2, 0.25) is 0 Å². The molecule has 0 aromatic carbocycles. The molecule has 0 aliphatic rings. The SMILES string of the molecule is CCO[Si](CCCSC(=O)C(CC(=O)OC(C)(C)C)C(C)CC)(OCC)OCC. The van der Waals surface area contributed by atoms with Crippen LogP contribution >= 0.6 is 11.8 Å². The highest BCUT2D eigenvalue weighted by molar-refractivity contribution is 8.13. The normalized spacial score (nSPS) is 14.5. The summed E-state index contributed by atoms with van der Waals surface area (Å²) < 4.78 is 23.0. The van der Waals surface area contributed by atoms with Gasteiger partial charge in [0, 0.05) is 37.5 Å². The molecule has 2 atom stereocenters. The van der Waals surface area contributed by atoms with Crippen LogP contribution < -0.4 is 0 Å². The number of ether oxygens (including phenoxy) is 1. The second-order valence-electron chi connectivity index (χ2n) is 8.04. The summed E-state index contributed by atoms with van der Waals surface area (Å²) in [6.45, 7) is 17.0. The third-order valence-electron chi connectivity index (χ3n) is 4.40. The maximum Gasteiger partial charge on any atom is 0.500 e. The zero-order chi connectivity index (χ0) is 22.5. The summed E-state index contributed by atoms with van der Waals surface area (Å²) in [5.74, 6) is 0.146. The molecule has 0 saturated heterocycles. The van der Waals surface area contributed by atoms with Crippen molar-refractivity contribution < 1.29 is 27.6 Å². The molecule has 29 heavy (non-hydrogen) atoms. The van der Waals surface area contributed by atoms with E-state index in [-0.39, 0.29) is 29.3 Å². The molecule has 0 aromatic heterocycles. The molecule has 0 aliphatic carbocycles. The van der Waals surface area contributed by atoms with Crippen molar-refractivity contribution in [1.29, 1.82) is 0 Å². The molecule has 0 aliphatic heterocycles. The van der Waals surface area contributed by atoms with E-state index in [1.54, 1.807) is 0 Å². The third kappa shape index (κ3) is 12.1. The number of hydrogen-bond donors (Lipinski definition) is 0. The Hall–Kier alpha value is -0.413. The Bertz CT molecular complexity index is 463. The van der Waals surface area contributed by atoms with Crippen molar-refractivity contribution in [3.05, 3.63) is 0 Å². The lowest BCUT2D eigenvalue weighted by atomic mass is 9.90. The largest absolute Gasteiger partial charge is 0.500 e. The summed E-state index contributed by atoms with van der Waals surface area (Å²) in [7, 11) is -2.68. The molecular formula is C21H42O6SSi. The van der Waals surface area contributed by atoms with Crippen LogP contribution in [0.2, 0.25) is 6.04 Å². The molecule has 6 nitrogen and oxygen atoms in total. The molecule has 0 saturated carbocycles. The van der Waals surface area contributed by atoms with E-state index >= 15 is 0 Å². The first-order chi connectivity index (χ1) is 13.5. The maximum atomic E-state index is 12.8. The number of thioether (sulfide) groups is 1. The summed E-state index contributed by atoms with van der Waals surface area (Å²) >= 11 is 1.29. The second-order valence-corrected chi connectivity index (χ2v) is 11.9. The van der Waals surface area contributed by atoms with Gasteiger partial charge < -0.3 is 18.0 Å². The molecule has 0 heterocycles. The number of hydrogen-bond acceptors (Lipinski definition) is 7. The molecular weight excluding hydrogens is 408 g/mol. The Morgan fingerprint density at radius 1 is 0.966 bits per heavy atom.